The molecule has 2 unspecified atom stereocenters. The number of ether oxygens (including phenoxy) is 1. The maximum atomic E-state index is 11.0. The normalized spacial score (nSPS) is 32.4. The smallest absolute Gasteiger partial charge is 0.307 e. The molecule has 1 aromatic heterocycles. The predicted octanol–water partition coefficient (Wildman–Crippen LogP) is 0.954. The standard InChI is InChI=1S/C11H11NO3/c13-10(14)8-4-11(8)6-15-5-7-2-1-3-12-9(7)11/h1-3,8H,4-6H2,(H,13,14). The van der Waals surface area contributed by atoms with Crippen molar-refractivity contribution in [3.8, 4) is 0 Å². The lowest BCUT2D eigenvalue weighted by Gasteiger charge is -2.24. The van der Waals surface area contributed by atoms with Gasteiger partial charge < -0.3 is 9.84 Å². The van der Waals surface area contributed by atoms with Gasteiger partial charge in [-0.2, -0.15) is 0 Å². The van der Waals surface area contributed by atoms with E-state index in [1.807, 2.05) is 12.1 Å². The van der Waals surface area contributed by atoms with Crippen LogP contribution in [0.5, 0.6) is 0 Å². The van der Waals surface area contributed by atoms with Crippen molar-refractivity contribution in [1.29, 1.82) is 0 Å². The molecule has 0 aromatic carbocycles. The largest absolute Gasteiger partial charge is 0.481 e. The van der Waals surface area contributed by atoms with Crippen LogP contribution in [-0.2, 0) is 21.6 Å². The highest BCUT2D eigenvalue weighted by atomic mass is 16.5. The molecule has 0 bridgehead atoms. The number of pyridine rings is 1. The second-order valence-electron chi connectivity index (χ2n) is 4.26. The molecule has 0 amide bonds. The van der Waals surface area contributed by atoms with E-state index >= 15 is 0 Å². The Bertz CT molecular complexity index is 432. The van der Waals surface area contributed by atoms with Crippen LogP contribution in [0.4, 0.5) is 0 Å². The molecule has 15 heavy (non-hydrogen) atoms. The molecule has 4 heteroatoms. The zero-order chi connectivity index (χ0) is 10.5. The van der Waals surface area contributed by atoms with Crippen LogP contribution in [0, 0.1) is 5.92 Å². The number of hydrogen-bond donors (Lipinski definition) is 1. The van der Waals surface area contributed by atoms with Crippen LogP contribution >= 0.6 is 0 Å². The minimum absolute atomic E-state index is 0.313. The summed E-state index contributed by atoms with van der Waals surface area (Å²) in [5, 5.41) is 9.01. The first kappa shape index (κ1) is 8.85. The van der Waals surface area contributed by atoms with E-state index in [-0.39, 0.29) is 11.3 Å². The summed E-state index contributed by atoms with van der Waals surface area (Å²) in [7, 11) is 0. The number of hydrogen-bond acceptors (Lipinski definition) is 3. The molecule has 3 rings (SSSR count). The Kier molecular flexibility index (Phi) is 1.65. The van der Waals surface area contributed by atoms with Gasteiger partial charge in [-0.1, -0.05) is 6.07 Å². The second-order valence-corrected chi connectivity index (χ2v) is 4.26. The number of aliphatic carboxylic acids is 1. The number of fused-ring (bicyclic) bond motifs is 2. The van der Waals surface area contributed by atoms with Gasteiger partial charge in [-0.3, -0.25) is 9.78 Å². The van der Waals surface area contributed by atoms with Crippen LogP contribution in [0.2, 0.25) is 0 Å². The molecular formula is C11H11NO3. The van der Waals surface area contributed by atoms with Gasteiger partial charge in [-0.25, -0.2) is 0 Å². The molecule has 1 aliphatic carbocycles. The zero-order valence-corrected chi connectivity index (χ0v) is 8.14. The first-order valence-electron chi connectivity index (χ1n) is 4.99. The molecule has 1 fully saturated rings. The maximum absolute atomic E-state index is 11.0. The Morgan fingerprint density at radius 2 is 2.53 bits per heavy atom. The van der Waals surface area contributed by atoms with Crippen molar-refractivity contribution in [3.05, 3.63) is 29.6 Å². The summed E-state index contributed by atoms with van der Waals surface area (Å²) >= 11 is 0. The first-order chi connectivity index (χ1) is 7.24. The van der Waals surface area contributed by atoms with Gasteiger partial charge >= 0.3 is 5.97 Å². The summed E-state index contributed by atoms with van der Waals surface area (Å²) in [6, 6.07) is 3.82. The fraction of sp³-hybridized carbons (Fsp3) is 0.455. The Morgan fingerprint density at radius 3 is 3.27 bits per heavy atom. The molecule has 4 nitrogen and oxygen atoms in total. The number of rotatable bonds is 1. The predicted molar refractivity (Wildman–Crippen MR) is 51.3 cm³/mol. The van der Waals surface area contributed by atoms with Crippen LogP contribution in [0.15, 0.2) is 18.3 Å². The van der Waals surface area contributed by atoms with Crippen LogP contribution in [0.3, 0.4) is 0 Å². The van der Waals surface area contributed by atoms with Gasteiger partial charge in [0.25, 0.3) is 0 Å². The van der Waals surface area contributed by atoms with Crippen molar-refractivity contribution in [3.63, 3.8) is 0 Å². The quantitative estimate of drug-likeness (QED) is 0.741. The Morgan fingerprint density at radius 1 is 1.67 bits per heavy atom. The van der Waals surface area contributed by atoms with Crippen molar-refractivity contribution in [2.24, 2.45) is 5.92 Å². The average Bonchev–Trinajstić information content (AvgIpc) is 2.95. The molecular weight excluding hydrogens is 194 g/mol. The molecule has 2 aliphatic rings. The molecule has 1 aromatic rings. The third-order valence-electron chi connectivity index (χ3n) is 3.35. The van der Waals surface area contributed by atoms with Gasteiger partial charge in [0, 0.05) is 6.20 Å². The van der Waals surface area contributed by atoms with Crippen LogP contribution in [0.25, 0.3) is 0 Å². The number of carboxylic acid groups (broad SMARTS) is 1. The van der Waals surface area contributed by atoms with Crippen molar-refractivity contribution in [2.75, 3.05) is 6.61 Å². The van der Waals surface area contributed by atoms with Crippen molar-refractivity contribution < 1.29 is 14.6 Å². The third kappa shape index (κ3) is 1.11. The van der Waals surface area contributed by atoms with Crippen molar-refractivity contribution in [1.82, 2.24) is 4.98 Å². The zero-order valence-electron chi connectivity index (χ0n) is 8.14. The lowest BCUT2D eigenvalue weighted by atomic mass is 9.93. The van der Waals surface area contributed by atoms with Crippen LogP contribution in [-0.4, -0.2) is 22.7 Å². The molecule has 0 radical (unpaired) electrons. The highest BCUT2D eigenvalue weighted by Gasteiger charge is 2.62. The molecule has 1 spiro atoms. The number of nitrogens with zero attached hydrogens (tertiary/aromatic N) is 1. The first-order valence-corrected chi connectivity index (χ1v) is 4.99. The van der Waals surface area contributed by atoms with Crippen molar-refractivity contribution in [2.45, 2.75) is 18.4 Å². The summed E-state index contributed by atoms with van der Waals surface area (Å²) < 4.78 is 5.45. The van der Waals surface area contributed by atoms with Gasteiger partial charge in [0.2, 0.25) is 0 Å². The fourth-order valence-electron chi connectivity index (χ4n) is 2.47. The van der Waals surface area contributed by atoms with Gasteiger partial charge in [0.1, 0.15) is 0 Å². The minimum atomic E-state index is -0.739. The molecule has 78 valence electrons. The second kappa shape index (κ2) is 2.79. The fourth-order valence-corrected chi connectivity index (χ4v) is 2.47. The summed E-state index contributed by atoms with van der Waals surface area (Å²) in [5.41, 5.74) is 1.64. The van der Waals surface area contributed by atoms with Crippen LogP contribution in [0.1, 0.15) is 17.7 Å². The summed E-state index contributed by atoms with van der Waals surface area (Å²) in [4.78, 5) is 15.3. The van der Waals surface area contributed by atoms with Gasteiger partial charge in [-0.05, 0) is 18.1 Å². The number of carboxylic acids is 1. The van der Waals surface area contributed by atoms with E-state index in [1.165, 1.54) is 0 Å². The molecule has 1 aliphatic heterocycles. The van der Waals surface area contributed by atoms with E-state index in [9.17, 15) is 4.79 Å². The highest BCUT2D eigenvalue weighted by Crippen LogP contribution is 2.56. The van der Waals surface area contributed by atoms with Gasteiger partial charge in [0.15, 0.2) is 0 Å². The van der Waals surface area contributed by atoms with E-state index in [0.29, 0.717) is 19.6 Å². The Labute approximate surface area is 86.9 Å². The highest BCUT2D eigenvalue weighted by molar-refractivity contribution is 5.77. The SMILES string of the molecule is O=C(O)C1CC12COCc1cccnc12. The van der Waals surface area contributed by atoms with Gasteiger partial charge in [-0.15, -0.1) is 0 Å². The Hall–Kier alpha value is -1.42. The number of aromatic nitrogens is 1. The minimum Gasteiger partial charge on any atom is -0.481 e. The molecule has 1 N–H and O–H groups in total. The molecule has 2 heterocycles. The summed E-state index contributed by atoms with van der Waals surface area (Å²) in [6.07, 6.45) is 2.38. The molecule has 1 saturated carbocycles. The molecule has 0 saturated heterocycles. The summed E-state index contributed by atoms with van der Waals surface area (Å²) in [6.45, 7) is 1.05. The topological polar surface area (TPSA) is 59.4 Å². The van der Waals surface area contributed by atoms with E-state index < -0.39 is 5.97 Å². The lowest BCUT2D eigenvalue weighted by Crippen LogP contribution is -2.28. The lowest BCUT2D eigenvalue weighted by molar-refractivity contribution is -0.139. The van der Waals surface area contributed by atoms with E-state index in [1.54, 1.807) is 6.20 Å². The van der Waals surface area contributed by atoms with Crippen molar-refractivity contribution >= 4 is 5.97 Å². The van der Waals surface area contributed by atoms with E-state index in [4.69, 9.17) is 9.84 Å². The van der Waals surface area contributed by atoms with E-state index in [0.717, 1.165) is 11.3 Å². The van der Waals surface area contributed by atoms with E-state index in [2.05, 4.69) is 4.98 Å². The summed E-state index contributed by atoms with van der Waals surface area (Å²) in [5.74, 6) is -1.05. The molecule has 2 atom stereocenters. The number of carbonyl (C=O) groups is 1. The Balaban J connectivity index is 2.05. The van der Waals surface area contributed by atoms with Gasteiger partial charge in [0.05, 0.1) is 30.2 Å². The van der Waals surface area contributed by atoms with Crippen LogP contribution < -0.4 is 0 Å². The third-order valence-corrected chi connectivity index (χ3v) is 3.35. The average molecular weight is 205 g/mol. The maximum Gasteiger partial charge on any atom is 0.307 e. The monoisotopic (exact) mass is 205 g/mol.